The first-order valence-corrected chi connectivity index (χ1v) is 53.1. The van der Waals surface area contributed by atoms with Gasteiger partial charge in [0.25, 0.3) is 44.5 Å². The highest BCUT2D eigenvalue weighted by molar-refractivity contribution is 6.00. The third-order valence-corrected chi connectivity index (χ3v) is 30.5. The highest BCUT2D eigenvalue weighted by Gasteiger charge is 2.40. The van der Waals surface area contributed by atoms with Crippen molar-refractivity contribution in [3.8, 4) is 11.4 Å². The molecule has 734 valence electrons. The molecule has 8 aromatic rings. The number of fused-ring (bicyclic) bond motifs is 4. The van der Waals surface area contributed by atoms with Gasteiger partial charge in [0.2, 0.25) is 0 Å². The number of ether oxygens (including phenoxy) is 1. The van der Waals surface area contributed by atoms with Gasteiger partial charge in [-0.2, -0.15) is 0 Å². The Kier molecular flexibility index (Phi) is 45.0. The lowest BCUT2D eigenvalue weighted by Gasteiger charge is -2.44. The number of benzene rings is 3. The first-order valence-electron chi connectivity index (χ1n) is 53.1. The predicted octanol–water partition coefficient (Wildman–Crippen LogP) is 20.6. The number of hydrogen-bond acceptors (Lipinski definition) is 16. The summed E-state index contributed by atoms with van der Waals surface area (Å²) in [4.78, 5) is 172. The average molecular weight is 1840 g/mol. The van der Waals surface area contributed by atoms with Crippen molar-refractivity contribution >= 4 is 49.1 Å². The van der Waals surface area contributed by atoms with Crippen LogP contribution >= 0.6 is 0 Å². The number of esters is 1. The van der Waals surface area contributed by atoms with E-state index in [1.54, 1.807) is 0 Å². The molecule has 0 radical (unpaired) electrons. The van der Waals surface area contributed by atoms with Crippen molar-refractivity contribution in [1.82, 2.24) is 32.0 Å². The molecule has 133 heavy (non-hydrogen) atoms. The summed E-state index contributed by atoms with van der Waals surface area (Å²) in [5.74, 6) is 5.17. The fourth-order valence-corrected chi connectivity index (χ4v) is 23.2. The zero-order chi connectivity index (χ0) is 95.1. The van der Waals surface area contributed by atoms with E-state index in [0.717, 1.165) is 152 Å². The molecule has 0 saturated heterocycles. The van der Waals surface area contributed by atoms with E-state index in [2.05, 4.69) is 40.9 Å². The van der Waals surface area contributed by atoms with Crippen molar-refractivity contribution in [3.05, 3.63) is 188 Å². The van der Waals surface area contributed by atoms with E-state index in [1.165, 1.54) is 322 Å². The van der Waals surface area contributed by atoms with Crippen molar-refractivity contribution in [3.63, 3.8) is 0 Å². The van der Waals surface area contributed by atoms with Crippen LogP contribution in [0, 0.1) is 47.3 Å². The van der Waals surface area contributed by atoms with Crippen LogP contribution in [-0.4, -0.2) is 68.8 Å². The number of carbonyl (C=O) groups is 1. The minimum atomic E-state index is -1.78. The van der Waals surface area contributed by atoms with Gasteiger partial charge in [-0.05, 0) is 180 Å². The monoisotopic (exact) mass is 1840 g/mol. The quantitative estimate of drug-likeness (QED) is 0.0181. The van der Waals surface area contributed by atoms with Gasteiger partial charge in [-0.3, -0.25) is 47.5 Å². The first-order chi connectivity index (χ1) is 64.7. The molecule has 2 aliphatic carbocycles. The van der Waals surface area contributed by atoms with E-state index in [-0.39, 0.29) is 80.6 Å². The highest BCUT2D eigenvalue weighted by atomic mass is 16.5. The van der Waals surface area contributed by atoms with E-state index < -0.39 is 92.3 Å². The number of nitrogens with two attached hydrogens (primary N) is 2. The van der Waals surface area contributed by atoms with Crippen LogP contribution in [0.2, 0.25) is 0 Å². The van der Waals surface area contributed by atoms with Gasteiger partial charge >= 0.3 is 23.0 Å². The van der Waals surface area contributed by atoms with Gasteiger partial charge in [0.1, 0.15) is 12.7 Å². The summed E-state index contributed by atoms with van der Waals surface area (Å²) in [5.41, 5.74) is 1.02. The van der Waals surface area contributed by atoms with Crippen molar-refractivity contribution in [2.75, 3.05) is 19.7 Å². The summed E-state index contributed by atoms with van der Waals surface area (Å²) < 4.78 is 11.3. The van der Waals surface area contributed by atoms with E-state index in [4.69, 9.17) is 16.2 Å². The molecule has 2 fully saturated rings. The maximum absolute atomic E-state index is 15.0. The molecule has 23 nitrogen and oxygen atoms in total. The summed E-state index contributed by atoms with van der Waals surface area (Å²) in [6, 6.07) is 8.20. The van der Waals surface area contributed by atoms with Crippen LogP contribution in [-0.2, 0) is 37.5 Å². The zero-order valence-electron chi connectivity index (χ0n) is 81.9. The molecular weight excluding hydrogens is 1670 g/mol. The molecule has 5 heterocycles. The van der Waals surface area contributed by atoms with Gasteiger partial charge in [0.15, 0.2) is 0 Å². The molecular formula is C110H165N9O14. The Morgan fingerprint density at radius 3 is 0.865 bits per heavy atom. The molecule has 5 N–H and O–H groups in total. The van der Waals surface area contributed by atoms with Crippen LogP contribution in [0.25, 0.3) is 54.5 Å². The molecule has 2 saturated carbocycles. The molecule has 0 bridgehead atoms. The lowest BCUT2D eigenvalue weighted by atomic mass is 9.61. The average Bonchev–Trinajstić information content (AvgIpc) is 1.59. The van der Waals surface area contributed by atoms with Crippen LogP contribution in [0.5, 0.6) is 0 Å². The summed E-state index contributed by atoms with van der Waals surface area (Å²) in [5, 5.41) is 10.2. The number of rotatable bonds is 68. The molecule has 3 aromatic carbocycles. The van der Waals surface area contributed by atoms with Crippen LogP contribution < -0.4 is 73.0 Å². The van der Waals surface area contributed by atoms with Crippen LogP contribution in [0.3, 0.4) is 0 Å². The van der Waals surface area contributed by atoms with E-state index >= 15 is 0 Å². The molecule has 10 rings (SSSR count). The Morgan fingerprint density at radius 1 is 0.331 bits per heavy atom. The van der Waals surface area contributed by atoms with Gasteiger partial charge < -0.3 is 21.3 Å². The van der Waals surface area contributed by atoms with E-state index in [0.29, 0.717) is 26.5 Å². The Labute approximate surface area is 788 Å². The molecule has 9 atom stereocenters. The molecule has 2 aliphatic rings. The number of nitrogens with zero attached hydrogens (tertiary/aromatic N) is 7. The molecule has 0 spiro atoms. The smallest absolute Gasteiger partial charge is 0.338 e. The fourth-order valence-electron chi connectivity index (χ4n) is 23.2. The standard InChI is InChI=1S/C110H165N9O14/c1-7-13-17-21-32-44-56-87-79(52-40-19-15-9-3)60-62-81(89(87)58-46-34-23-26-36-48-64-111)54-42-30-24-27-38-50-68-113-99(121)91-73-95-96(74-92(91)100(113)122)104(126)118(103(95)125)84-70-83(107(129)133-78-86(120)77-117-109(131)115(66-11-5)108(130)116(67-12-6)110(117)132)71-85(72-84)119-105(127)97-75-93-94(76-98(97)106(119)128)102(124)114(101(93)123)69-51-39-28-25-35-47-59-90-82(55-43-31-29-37-49-65-112)63-61-80(53-41-20-16-10-4)88(90)57-45-33-22-18-14-8-2/h11-12,70-76,79-82,86-90,120H,5-10,13-69,77-78,111-112H2,1-4H3. The minimum Gasteiger partial charge on any atom is -0.459 e. The van der Waals surface area contributed by atoms with Gasteiger partial charge in [-0.1, -0.05) is 316 Å². The van der Waals surface area contributed by atoms with Crippen molar-refractivity contribution < 1.29 is 14.6 Å². The maximum atomic E-state index is 15.0. The Balaban J connectivity index is 0.841. The number of aromatic nitrogens is 7. The number of allylic oxidation sites excluding steroid dienone is 2. The lowest BCUT2D eigenvalue weighted by molar-refractivity contribution is 0.0208. The second-order valence-electron chi connectivity index (χ2n) is 40.1. The van der Waals surface area contributed by atoms with Crippen molar-refractivity contribution in [2.45, 2.75) is 420 Å². The number of hydrogen-bond donors (Lipinski definition) is 3. The Bertz CT molecular complexity index is 5420. The number of unbranched alkanes of at least 4 members (excludes halogenated alkanes) is 35. The number of carbonyl (C=O) groups excluding carboxylic acids is 1. The van der Waals surface area contributed by atoms with Gasteiger partial charge in [0.05, 0.1) is 79.7 Å². The summed E-state index contributed by atoms with van der Waals surface area (Å²) in [6.07, 6.45) is 68.5. The molecule has 23 heteroatoms. The number of aliphatic hydroxyl groups excluding tert-OH is 1. The third-order valence-electron chi connectivity index (χ3n) is 30.5. The summed E-state index contributed by atoms with van der Waals surface area (Å²) in [7, 11) is 0. The second-order valence-corrected chi connectivity index (χ2v) is 40.1. The zero-order valence-corrected chi connectivity index (χ0v) is 81.9. The van der Waals surface area contributed by atoms with Crippen LogP contribution in [0.4, 0.5) is 0 Å². The van der Waals surface area contributed by atoms with Crippen molar-refractivity contribution in [1.29, 1.82) is 0 Å². The van der Waals surface area contributed by atoms with Gasteiger partial charge in [-0.25, -0.2) is 42.0 Å². The minimum absolute atomic E-state index is 0.0641. The molecule has 5 aromatic heterocycles. The van der Waals surface area contributed by atoms with Gasteiger partial charge in [-0.15, -0.1) is 13.2 Å². The fraction of sp³-hybridized carbons (Fsp3) is 0.691. The summed E-state index contributed by atoms with van der Waals surface area (Å²) in [6.45, 7) is 15.9. The Morgan fingerprint density at radius 2 is 0.579 bits per heavy atom. The molecule has 0 amide bonds. The number of aliphatic hydroxyl groups is 1. The highest BCUT2D eigenvalue weighted by Crippen LogP contribution is 2.50. The van der Waals surface area contributed by atoms with Crippen molar-refractivity contribution in [2.24, 2.45) is 58.8 Å². The maximum Gasteiger partial charge on any atom is 0.338 e. The van der Waals surface area contributed by atoms with E-state index in [1.807, 2.05) is 0 Å². The Hall–Kier alpha value is -8.54. The van der Waals surface area contributed by atoms with E-state index in [9.17, 15) is 62.6 Å². The van der Waals surface area contributed by atoms with Crippen LogP contribution in [0.1, 0.15) is 391 Å². The lowest BCUT2D eigenvalue weighted by Crippen LogP contribution is -2.55. The largest absolute Gasteiger partial charge is 0.459 e. The molecule has 0 aliphatic heterocycles. The topological polar surface area (TPSA) is 321 Å². The SMILES string of the molecule is C=CCn1c(=O)n(CC=C)c(=O)n(CC(O)COC(=O)c2cc(-n3c(=O)c4cc5c(=O)n(CCCCCCCCC6CCC(CCCCCC)C(CCCCCCCC)C6CCCCCCCCN)c(=O)c5cc4c3=O)cc(-n3c(=O)c4cc5c(=O)n(CCCCCCCCC6C(CCCCCCCN)CCC(CCCCCC)C6CCCCCCCC)c(=O)c5cc4c3=O)c2)c1=O. The normalized spacial score (nSPS) is 18.0. The van der Waals surface area contributed by atoms with Gasteiger partial charge in [0, 0.05) is 13.1 Å². The molecule has 9 unspecified atom stereocenters. The first kappa shape index (κ1) is 107. The predicted molar refractivity (Wildman–Crippen MR) is 545 cm³/mol. The second kappa shape index (κ2) is 56.2. The third kappa shape index (κ3) is 28.8. The van der Waals surface area contributed by atoms with Crippen LogP contribution in [0.15, 0.2) is 121 Å². The summed E-state index contributed by atoms with van der Waals surface area (Å²) >= 11 is 0.